The van der Waals surface area contributed by atoms with Crippen molar-refractivity contribution in [1.82, 2.24) is 29.4 Å². The van der Waals surface area contributed by atoms with Crippen LogP contribution in [0.2, 0.25) is 0 Å². The van der Waals surface area contributed by atoms with Gasteiger partial charge in [0.25, 0.3) is 0 Å². The summed E-state index contributed by atoms with van der Waals surface area (Å²) in [7, 11) is 5.04. The van der Waals surface area contributed by atoms with E-state index >= 15 is 0 Å². The Morgan fingerprint density at radius 1 is 1.15 bits per heavy atom. The molecule has 0 saturated heterocycles. The zero-order chi connectivity index (χ0) is 18.1. The number of fused-ring (bicyclic) bond motifs is 1. The lowest BCUT2D eigenvalue weighted by atomic mass is 10.2. The number of anilines is 2. The number of nitrogens with zero attached hydrogens (tertiary/aromatic N) is 6. The maximum absolute atomic E-state index is 5.44. The first kappa shape index (κ1) is 15.9. The van der Waals surface area contributed by atoms with E-state index in [1.807, 2.05) is 31.4 Å². The summed E-state index contributed by atoms with van der Waals surface area (Å²) < 4.78 is 14.1. The van der Waals surface area contributed by atoms with Gasteiger partial charge in [-0.3, -0.25) is 9.67 Å². The highest BCUT2D eigenvalue weighted by Gasteiger charge is 2.15. The summed E-state index contributed by atoms with van der Waals surface area (Å²) in [6, 6.07) is 5.56. The first-order valence-corrected chi connectivity index (χ1v) is 7.88. The predicted molar refractivity (Wildman–Crippen MR) is 95.8 cm³/mol. The van der Waals surface area contributed by atoms with Gasteiger partial charge < -0.3 is 14.8 Å². The zero-order valence-corrected chi connectivity index (χ0v) is 14.5. The highest BCUT2D eigenvalue weighted by atomic mass is 16.5. The Bertz CT molecular complexity index is 1070. The Labute approximate surface area is 149 Å². The fourth-order valence-corrected chi connectivity index (χ4v) is 2.72. The van der Waals surface area contributed by atoms with Crippen molar-refractivity contribution >= 4 is 17.3 Å². The maximum atomic E-state index is 5.44. The topological polar surface area (TPSA) is 91.4 Å². The van der Waals surface area contributed by atoms with Gasteiger partial charge in [0.05, 0.1) is 26.1 Å². The highest BCUT2D eigenvalue weighted by molar-refractivity contribution is 5.74. The van der Waals surface area contributed by atoms with Crippen molar-refractivity contribution in [3.8, 4) is 22.8 Å². The average molecular weight is 351 g/mol. The van der Waals surface area contributed by atoms with Crippen molar-refractivity contribution in [3.05, 3.63) is 43.0 Å². The lowest BCUT2D eigenvalue weighted by molar-refractivity contribution is 0.356. The molecule has 132 valence electrons. The van der Waals surface area contributed by atoms with Crippen molar-refractivity contribution in [2.24, 2.45) is 7.05 Å². The van der Waals surface area contributed by atoms with E-state index in [9.17, 15) is 0 Å². The van der Waals surface area contributed by atoms with Gasteiger partial charge in [0.1, 0.15) is 5.69 Å². The van der Waals surface area contributed by atoms with E-state index in [4.69, 9.17) is 9.47 Å². The SMILES string of the molecule is COc1cccc(Nc2nc3c(-c4cnn(C)c4)nccn3n2)c1OC. The molecule has 0 atom stereocenters. The van der Waals surface area contributed by atoms with E-state index in [0.29, 0.717) is 34.5 Å². The van der Waals surface area contributed by atoms with Gasteiger partial charge in [-0.15, -0.1) is 5.10 Å². The maximum Gasteiger partial charge on any atom is 0.247 e. The quantitative estimate of drug-likeness (QED) is 0.590. The summed E-state index contributed by atoms with van der Waals surface area (Å²) in [5, 5.41) is 11.8. The van der Waals surface area contributed by atoms with Gasteiger partial charge in [-0.1, -0.05) is 6.07 Å². The summed E-state index contributed by atoms with van der Waals surface area (Å²) in [5.41, 5.74) is 2.92. The highest BCUT2D eigenvalue weighted by Crippen LogP contribution is 2.36. The molecule has 3 heterocycles. The van der Waals surface area contributed by atoms with Crippen LogP contribution >= 0.6 is 0 Å². The van der Waals surface area contributed by atoms with Gasteiger partial charge in [0, 0.05) is 31.2 Å². The number of nitrogens with one attached hydrogen (secondary N) is 1. The van der Waals surface area contributed by atoms with Crippen molar-refractivity contribution in [2.45, 2.75) is 0 Å². The van der Waals surface area contributed by atoms with E-state index in [0.717, 1.165) is 5.56 Å². The molecule has 1 N–H and O–H groups in total. The number of ether oxygens (including phenoxy) is 2. The van der Waals surface area contributed by atoms with Crippen LogP contribution in [0, 0.1) is 0 Å². The van der Waals surface area contributed by atoms with Crippen LogP contribution in [0.5, 0.6) is 11.5 Å². The molecule has 9 heteroatoms. The van der Waals surface area contributed by atoms with Crippen LogP contribution in [0.15, 0.2) is 43.0 Å². The third-order valence-electron chi connectivity index (χ3n) is 3.88. The summed E-state index contributed by atoms with van der Waals surface area (Å²) in [6.45, 7) is 0. The van der Waals surface area contributed by atoms with E-state index < -0.39 is 0 Å². The smallest absolute Gasteiger partial charge is 0.247 e. The van der Waals surface area contributed by atoms with Crippen molar-refractivity contribution in [2.75, 3.05) is 19.5 Å². The molecular formula is C17H17N7O2. The lowest BCUT2D eigenvalue weighted by Gasteiger charge is -2.12. The standard InChI is InChI=1S/C17H17N7O2/c1-23-10-11(9-19-23)14-16-21-17(22-24(16)8-7-18-14)20-12-5-4-6-13(25-2)15(12)26-3/h4-10H,1-3H3,(H,20,22). The molecule has 4 aromatic rings. The molecule has 0 bridgehead atoms. The molecule has 0 aliphatic heterocycles. The second-order valence-corrected chi connectivity index (χ2v) is 5.55. The van der Waals surface area contributed by atoms with Crippen LogP contribution in [-0.2, 0) is 7.05 Å². The van der Waals surface area contributed by atoms with E-state index in [2.05, 4.69) is 25.5 Å². The lowest BCUT2D eigenvalue weighted by Crippen LogP contribution is -1.98. The Hall–Kier alpha value is -3.62. The van der Waals surface area contributed by atoms with Crippen molar-refractivity contribution < 1.29 is 9.47 Å². The minimum atomic E-state index is 0.426. The molecule has 0 amide bonds. The van der Waals surface area contributed by atoms with Crippen LogP contribution in [0.3, 0.4) is 0 Å². The molecule has 0 aliphatic rings. The van der Waals surface area contributed by atoms with Gasteiger partial charge in [0.2, 0.25) is 5.95 Å². The third-order valence-corrected chi connectivity index (χ3v) is 3.88. The number of methoxy groups -OCH3 is 2. The molecule has 0 unspecified atom stereocenters. The van der Waals surface area contributed by atoms with Crippen LogP contribution in [0.25, 0.3) is 16.9 Å². The van der Waals surface area contributed by atoms with E-state index in [1.54, 1.807) is 42.0 Å². The van der Waals surface area contributed by atoms with Crippen LogP contribution in [0.1, 0.15) is 0 Å². The minimum Gasteiger partial charge on any atom is -0.493 e. The number of benzene rings is 1. The molecule has 0 radical (unpaired) electrons. The Balaban J connectivity index is 1.75. The van der Waals surface area contributed by atoms with Gasteiger partial charge >= 0.3 is 0 Å². The predicted octanol–water partition coefficient (Wildman–Crippen LogP) is 2.29. The first-order valence-electron chi connectivity index (χ1n) is 7.88. The largest absolute Gasteiger partial charge is 0.493 e. The number of rotatable bonds is 5. The first-order chi connectivity index (χ1) is 12.7. The Morgan fingerprint density at radius 3 is 2.77 bits per heavy atom. The Morgan fingerprint density at radius 2 is 2.04 bits per heavy atom. The van der Waals surface area contributed by atoms with Gasteiger partial charge in [0.15, 0.2) is 17.1 Å². The molecule has 3 aromatic heterocycles. The van der Waals surface area contributed by atoms with Crippen LogP contribution < -0.4 is 14.8 Å². The third kappa shape index (κ3) is 2.69. The fraction of sp³-hybridized carbons (Fsp3) is 0.176. The van der Waals surface area contributed by atoms with Gasteiger partial charge in [-0.25, -0.2) is 4.52 Å². The van der Waals surface area contributed by atoms with E-state index in [-0.39, 0.29) is 0 Å². The molecule has 0 saturated carbocycles. The van der Waals surface area contributed by atoms with Crippen LogP contribution in [-0.4, -0.2) is 43.6 Å². The average Bonchev–Trinajstić information content (AvgIpc) is 3.26. The van der Waals surface area contributed by atoms with E-state index in [1.165, 1.54) is 0 Å². The number of para-hydroxylation sites is 1. The molecule has 9 nitrogen and oxygen atoms in total. The fourth-order valence-electron chi connectivity index (χ4n) is 2.72. The van der Waals surface area contributed by atoms with Gasteiger partial charge in [-0.2, -0.15) is 10.1 Å². The summed E-state index contributed by atoms with van der Waals surface area (Å²) >= 11 is 0. The van der Waals surface area contributed by atoms with Crippen LogP contribution in [0.4, 0.5) is 11.6 Å². The second-order valence-electron chi connectivity index (χ2n) is 5.55. The molecule has 1 aromatic carbocycles. The molecule has 0 fully saturated rings. The number of hydrogen-bond donors (Lipinski definition) is 1. The normalized spacial score (nSPS) is 10.9. The molecular weight excluding hydrogens is 334 g/mol. The Kier molecular flexibility index (Phi) is 3.88. The summed E-state index contributed by atoms with van der Waals surface area (Å²) in [4.78, 5) is 8.99. The zero-order valence-electron chi connectivity index (χ0n) is 14.5. The molecule has 4 rings (SSSR count). The molecule has 0 aliphatic carbocycles. The van der Waals surface area contributed by atoms with Crippen molar-refractivity contribution in [1.29, 1.82) is 0 Å². The van der Waals surface area contributed by atoms with Gasteiger partial charge in [-0.05, 0) is 12.1 Å². The molecule has 0 spiro atoms. The number of hydrogen-bond acceptors (Lipinski definition) is 7. The summed E-state index contributed by atoms with van der Waals surface area (Å²) in [6.07, 6.45) is 7.06. The second kappa shape index (κ2) is 6.36. The molecule has 26 heavy (non-hydrogen) atoms. The minimum absolute atomic E-state index is 0.426. The number of aryl methyl sites for hydroxylation is 1. The summed E-state index contributed by atoms with van der Waals surface area (Å²) in [5.74, 6) is 1.63. The number of aromatic nitrogens is 6. The monoisotopic (exact) mass is 351 g/mol. The van der Waals surface area contributed by atoms with Crippen molar-refractivity contribution in [3.63, 3.8) is 0 Å².